The number of nitrogens with two attached hydrogens (primary N) is 1. The van der Waals surface area contributed by atoms with E-state index in [1.165, 1.54) is 0 Å². The summed E-state index contributed by atoms with van der Waals surface area (Å²) in [6, 6.07) is 4.07. The first-order valence-electron chi connectivity index (χ1n) is 7.70. The minimum absolute atomic E-state index is 0.0817. The van der Waals surface area contributed by atoms with Crippen LogP contribution >= 0.6 is 0 Å². The van der Waals surface area contributed by atoms with Crippen molar-refractivity contribution >= 4 is 5.91 Å². The Bertz CT molecular complexity index is 470. The molecule has 0 aliphatic heterocycles. The number of carbonyl (C=O) groups is 1. The van der Waals surface area contributed by atoms with Gasteiger partial charge in [-0.25, -0.2) is 0 Å². The summed E-state index contributed by atoms with van der Waals surface area (Å²) in [6.07, 6.45) is 2.68. The van der Waals surface area contributed by atoms with Gasteiger partial charge in [-0.2, -0.15) is 0 Å². The molecule has 0 radical (unpaired) electrons. The first-order chi connectivity index (χ1) is 9.95. The molecule has 1 fully saturated rings. The molecule has 0 aromatic carbocycles. The minimum atomic E-state index is 0.0817. The predicted octanol–water partition coefficient (Wildman–Crippen LogP) is 1.61. The summed E-state index contributed by atoms with van der Waals surface area (Å²) in [4.78, 5) is 16.7. The maximum absolute atomic E-state index is 12.7. The summed E-state index contributed by atoms with van der Waals surface area (Å²) < 4.78 is 5.62. The zero-order valence-corrected chi connectivity index (χ0v) is 13.3. The van der Waals surface area contributed by atoms with Gasteiger partial charge in [0.2, 0.25) is 5.91 Å². The lowest BCUT2D eigenvalue weighted by atomic mass is 10.1. The molecule has 118 valence electrons. The van der Waals surface area contributed by atoms with Gasteiger partial charge in [-0.15, -0.1) is 0 Å². The second-order valence-electron chi connectivity index (χ2n) is 6.35. The molecule has 0 saturated heterocycles. The average molecular weight is 293 g/mol. The zero-order chi connectivity index (χ0) is 15.4. The molecule has 1 amide bonds. The van der Waals surface area contributed by atoms with E-state index in [0.717, 1.165) is 43.9 Å². The number of hydrogen-bond donors (Lipinski definition) is 1. The Morgan fingerprint density at radius 3 is 2.62 bits per heavy atom. The molecule has 2 atom stereocenters. The highest BCUT2D eigenvalue weighted by Gasteiger charge is 2.31. The lowest BCUT2D eigenvalue weighted by Crippen LogP contribution is -2.39. The standard InChI is InChI=1S/C16H27N3O2/c1-12-4-7-15(21-12)11-19(9-8-18(2)3)16(20)13-5-6-14(17)10-13/h4,7,13-14H,5-6,8-11,17H2,1-3H3. The van der Waals surface area contributed by atoms with Crippen molar-refractivity contribution in [2.45, 2.75) is 38.8 Å². The van der Waals surface area contributed by atoms with E-state index in [0.29, 0.717) is 6.54 Å². The van der Waals surface area contributed by atoms with Crippen molar-refractivity contribution in [1.82, 2.24) is 9.80 Å². The van der Waals surface area contributed by atoms with E-state index in [2.05, 4.69) is 4.90 Å². The molecule has 1 heterocycles. The summed E-state index contributed by atoms with van der Waals surface area (Å²) >= 11 is 0. The van der Waals surface area contributed by atoms with Crippen LogP contribution < -0.4 is 5.73 Å². The van der Waals surface area contributed by atoms with Gasteiger partial charge in [-0.3, -0.25) is 4.79 Å². The molecule has 1 aliphatic rings. The number of rotatable bonds is 6. The molecular weight excluding hydrogens is 266 g/mol. The summed E-state index contributed by atoms with van der Waals surface area (Å²) in [7, 11) is 4.04. The summed E-state index contributed by atoms with van der Waals surface area (Å²) in [5, 5.41) is 0. The molecular formula is C16H27N3O2. The monoisotopic (exact) mass is 293 g/mol. The summed E-state index contributed by atoms with van der Waals surface area (Å²) in [6.45, 7) is 4.04. The molecule has 1 aliphatic carbocycles. The molecule has 2 N–H and O–H groups in total. The second-order valence-corrected chi connectivity index (χ2v) is 6.35. The quantitative estimate of drug-likeness (QED) is 0.865. The second kappa shape index (κ2) is 7.09. The van der Waals surface area contributed by atoms with Crippen LogP contribution in [0.4, 0.5) is 0 Å². The third-order valence-electron chi connectivity index (χ3n) is 4.09. The number of carbonyl (C=O) groups excluding carboxylic acids is 1. The third kappa shape index (κ3) is 4.58. The highest BCUT2D eigenvalue weighted by atomic mass is 16.3. The van der Waals surface area contributed by atoms with Crippen LogP contribution in [0.2, 0.25) is 0 Å². The van der Waals surface area contributed by atoms with Gasteiger partial charge in [0.1, 0.15) is 11.5 Å². The molecule has 0 spiro atoms. The number of furan rings is 1. The molecule has 0 bridgehead atoms. The van der Waals surface area contributed by atoms with Crippen molar-refractivity contribution in [3.05, 3.63) is 23.7 Å². The lowest BCUT2D eigenvalue weighted by Gasteiger charge is -2.26. The highest BCUT2D eigenvalue weighted by Crippen LogP contribution is 2.26. The molecule has 5 heteroatoms. The van der Waals surface area contributed by atoms with Crippen LogP contribution in [0, 0.1) is 12.8 Å². The Morgan fingerprint density at radius 2 is 2.10 bits per heavy atom. The number of hydrogen-bond acceptors (Lipinski definition) is 4. The number of likely N-dealkylation sites (N-methyl/N-ethyl adjacent to an activating group) is 1. The molecule has 1 aromatic rings. The van der Waals surface area contributed by atoms with Gasteiger partial charge >= 0.3 is 0 Å². The fourth-order valence-corrected chi connectivity index (χ4v) is 2.84. The van der Waals surface area contributed by atoms with E-state index >= 15 is 0 Å². The fraction of sp³-hybridized carbons (Fsp3) is 0.688. The normalized spacial score (nSPS) is 22.0. The van der Waals surface area contributed by atoms with Crippen molar-refractivity contribution in [2.75, 3.05) is 27.2 Å². The number of aryl methyl sites for hydroxylation is 1. The predicted molar refractivity (Wildman–Crippen MR) is 82.7 cm³/mol. The Kier molecular flexibility index (Phi) is 5.42. The van der Waals surface area contributed by atoms with E-state index < -0.39 is 0 Å². The molecule has 21 heavy (non-hydrogen) atoms. The Morgan fingerprint density at radius 1 is 1.33 bits per heavy atom. The lowest BCUT2D eigenvalue weighted by molar-refractivity contribution is -0.136. The van der Waals surface area contributed by atoms with Gasteiger partial charge in [-0.05, 0) is 52.4 Å². The van der Waals surface area contributed by atoms with Crippen molar-refractivity contribution in [3.63, 3.8) is 0 Å². The Balaban J connectivity index is 2.01. The van der Waals surface area contributed by atoms with Crippen LogP contribution in [0.3, 0.4) is 0 Å². The van der Waals surface area contributed by atoms with E-state index in [4.69, 9.17) is 10.2 Å². The van der Waals surface area contributed by atoms with E-state index in [9.17, 15) is 4.79 Å². The molecule has 2 unspecified atom stereocenters. The summed E-state index contributed by atoms with van der Waals surface area (Å²) in [5.41, 5.74) is 5.94. The van der Waals surface area contributed by atoms with Crippen molar-refractivity contribution in [1.29, 1.82) is 0 Å². The van der Waals surface area contributed by atoms with Gasteiger partial charge in [0, 0.05) is 25.0 Å². The molecule has 5 nitrogen and oxygen atoms in total. The highest BCUT2D eigenvalue weighted by molar-refractivity contribution is 5.79. The van der Waals surface area contributed by atoms with Crippen LogP contribution in [0.5, 0.6) is 0 Å². The van der Waals surface area contributed by atoms with E-state index in [-0.39, 0.29) is 17.9 Å². The van der Waals surface area contributed by atoms with Crippen LogP contribution in [0.25, 0.3) is 0 Å². The van der Waals surface area contributed by atoms with Crippen molar-refractivity contribution in [2.24, 2.45) is 11.7 Å². The minimum Gasteiger partial charge on any atom is -0.464 e. The smallest absolute Gasteiger partial charge is 0.226 e. The van der Waals surface area contributed by atoms with Gasteiger partial charge in [0.15, 0.2) is 0 Å². The third-order valence-corrected chi connectivity index (χ3v) is 4.09. The van der Waals surface area contributed by atoms with E-state index in [1.54, 1.807) is 0 Å². The SMILES string of the molecule is Cc1ccc(CN(CCN(C)C)C(=O)C2CCC(N)C2)o1. The summed E-state index contributed by atoms with van der Waals surface area (Å²) in [5.74, 6) is 2.03. The molecule has 1 aromatic heterocycles. The first-order valence-corrected chi connectivity index (χ1v) is 7.70. The van der Waals surface area contributed by atoms with E-state index in [1.807, 2.05) is 38.1 Å². The number of nitrogens with zero attached hydrogens (tertiary/aromatic N) is 2. The molecule has 2 rings (SSSR count). The largest absolute Gasteiger partial charge is 0.464 e. The van der Waals surface area contributed by atoms with Crippen LogP contribution in [0.1, 0.15) is 30.8 Å². The van der Waals surface area contributed by atoms with Gasteiger partial charge in [0.05, 0.1) is 6.54 Å². The maximum atomic E-state index is 12.7. The van der Waals surface area contributed by atoms with Gasteiger partial charge < -0.3 is 20.0 Å². The van der Waals surface area contributed by atoms with Crippen LogP contribution in [0.15, 0.2) is 16.5 Å². The fourth-order valence-electron chi connectivity index (χ4n) is 2.84. The molecule has 1 saturated carbocycles. The van der Waals surface area contributed by atoms with Crippen LogP contribution in [-0.2, 0) is 11.3 Å². The van der Waals surface area contributed by atoms with Crippen molar-refractivity contribution in [3.8, 4) is 0 Å². The van der Waals surface area contributed by atoms with Crippen LogP contribution in [-0.4, -0.2) is 48.9 Å². The van der Waals surface area contributed by atoms with Gasteiger partial charge in [-0.1, -0.05) is 0 Å². The topological polar surface area (TPSA) is 62.7 Å². The Labute approximate surface area is 127 Å². The number of amides is 1. The zero-order valence-electron chi connectivity index (χ0n) is 13.3. The average Bonchev–Trinajstić information content (AvgIpc) is 3.02. The first kappa shape index (κ1) is 16.0. The van der Waals surface area contributed by atoms with Crippen molar-refractivity contribution < 1.29 is 9.21 Å². The maximum Gasteiger partial charge on any atom is 0.226 e. The Hall–Kier alpha value is -1.33. The van der Waals surface area contributed by atoms with Gasteiger partial charge in [0.25, 0.3) is 0 Å².